The smallest absolute Gasteiger partial charge is 0.0254 e. The topological polar surface area (TPSA) is 0 Å². The molecule has 194 valence electrons. The number of hydrogen-bond donors (Lipinski definition) is 0. The van der Waals surface area contributed by atoms with Gasteiger partial charge in [-0.25, -0.2) is 0 Å². The maximum Gasteiger partial charge on any atom is -0.0254 e. The predicted octanol–water partition coefficient (Wildman–Crippen LogP) is 12.3. The Kier molecular flexibility index (Phi) is 18.3. The molecule has 0 aliphatic heterocycles. The van der Waals surface area contributed by atoms with Gasteiger partial charge in [-0.3, -0.25) is 0 Å². The molecule has 0 aromatic carbocycles. The van der Waals surface area contributed by atoms with Crippen LogP contribution in [-0.4, -0.2) is 0 Å². The molecule has 0 unspecified atom stereocenters. The SMILES string of the molecule is CCCCCCCCCCCCCCCCCCCCCCC(C)(C)C(C)(C)C(C)(C)C. The van der Waals surface area contributed by atoms with E-state index in [1.165, 1.54) is 135 Å². The lowest BCUT2D eigenvalue weighted by atomic mass is 9.54. The van der Waals surface area contributed by atoms with E-state index in [4.69, 9.17) is 0 Å². The quantitative estimate of drug-likeness (QED) is 0.144. The molecule has 0 aromatic heterocycles. The van der Waals surface area contributed by atoms with Crippen LogP contribution in [0.4, 0.5) is 0 Å². The van der Waals surface area contributed by atoms with E-state index >= 15 is 0 Å². The van der Waals surface area contributed by atoms with Gasteiger partial charge in [0.25, 0.3) is 0 Å². The molecule has 0 aliphatic carbocycles. The molecule has 32 heavy (non-hydrogen) atoms. The lowest BCUT2D eigenvalue weighted by molar-refractivity contribution is -0.0147. The summed E-state index contributed by atoms with van der Waals surface area (Å²) in [5.74, 6) is 0. The Balaban J connectivity index is 3.38. The third kappa shape index (κ3) is 15.0. The predicted molar refractivity (Wildman–Crippen MR) is 150 cm³/mol. The standard InChI is InChI=1S/C32H66/c1-9-10-11-12-13-14-15-16-17-18-19-20-21-22-23-24-25-26-27-28-29-31(5,6)32(7,8)30(2,3)4/h9-29H2,1-8H3. The zero-order valence-electron chi connectivity index (χ0n) is 24.3. The molecule has 0 rings (SSSR count). The van der Waals surface area contributed by atoms with Gasteiger partial charge in [0.1, 0.15) is 0 Å². The molecule has 0 fully saturated rings. The molecular weight excluding hydrogens is 384 g/mol. The summed E-state index contributed by atoms with van der Waals surface area (Å²) >= 11 is 0. The molecule has 0 heteroatoms. The van der Waals surface area contributed by atoms with Gasteiger partial charge in [-0.15, -0.1) is 0 Å². The van der Waals surface area contributed by atoms with Gasteiger partial charge in [0.15, 0.2) is 0 Å². The van der Waals surface area contributed by atoms with E-state index in [0.29, 0.717) is 16.2 Å². The van der Waals surface area contributed by atoms with Gasteiger partial charge in [0.2, 0.25) is 0 Å². The van der Waals surface area contributed by atoms with Gasteiger partial charge in [0, 0.05) is 0 Å². The van der Waals surface area contributed by atoms with Crippen molar-refractivity contribution in [2.45, 2.75) is 190 Å². The largest absolute Gasteiger partial charge is 0.0654 e. The third-order valence-electron chi connectivity index (χ3n) is 9.22. The fourth-order valence-electron chi connectivity index (χ4n) is 5.15. The fourth-order valence-corrected chi connectivity index (χ4v) is 5.15. The minimum Gasteiger partial charge on any atom is -0.0654 e. The number of rotatable bonds is 22. The van der Waals surface area contributed by atoms with Crippen molar-refractivity contribution in [3.63, 3.8) is 0 Å². The highest BCUT2D eigenvalue weighted by Gasteiger charge is 2.44. The van der Waals surface area contributed by atoms with E-state index in [-0.39, 0.29) is 0 Å². The highest BCUT2D eigenvalue weighted by atomic mass is 14.5. The minimum atomic E-state index is 0.365. The first-order chi connectivity index (χ1) is 15.1. The van der Waals surface area contributed by atoms with E-state index in [9.17, 15) is 0 Å². The summed E-state index contributed by atoms with van der Waals surface area (Å²) in [6, 6.07) is 0. The molecule has 0 N–H and O–H groups in total. The zero-order valence-corrected chi connectivity index (χ0v) is 24.3. The Labute approximate surface area is 206 Å². The van der Waals surface area contributed by atoms with Gasteiger partial charge in [0.05, 0.1) is 0 Å². The molecule has 0 nitrogen and oxygen atoms in total. The van der Waals surface area contributed by atoms with Crippen molar-refractivity contribution in [1.29, 1.82) is 0 Å². The Morgan fingerprint density at radius 3 is 0.844 bits per heavy atom. The second kappa shape index (κ2) is 18.3. The molecule has 0 aromatic rings. The van der Waals surface area contributed by atoms with Gasteiger partial charge in [-0.1, -0.05) is 184 Å². The Morgan fingerprint density at radius 1 is 0.344 bits per heavy atom. The highest BCUT2D eigenvalue weighted by molar-refractivity contribution is 4.94. The number of unbranched alkanes of at least 4 members (excludes halogenated alkanes) is 19. The normalized spacial score (nSPS) is 13.1. The van der Waals surface area contributed by atoms with Gasteiger partial charge in [-0.05, 0) is 22.7 Å². The molecule has 0 saturated carbocycles. The monoisotopic (exact) mass is 451 g/mol. The second-order valence-electron chi connectivity index (χ2n) is 13.2. The van der Waals surface area contributed by atoms with E-state index in [1.54, 1.807) is 0 Å². The van der Waals surface area contributed by atoms with Crippen molar-refractivity contribution in [3.05, 3.63) is 0 Å². The molecular formula is C32H66. The van der Waals surface area contributed by atoms with E-state index in [0.717, 1.165) is 0 Å². The first-order valence-electron chi connectivity index (χ1n) is 15.1. The molecule has 0 amide bonds. The molecule has 0 atom stereocenters. The van der Waals surface area contributed by atoms with Crippen LogP contribution in [0.3, 0.4) is 0 Å². The summed E-state index contributed by atoms with van der Waals surface area (Å²) in [6.07, 6.45) is 30.6. The van der Waals surface area contributed by atoms with Crippen LogP contribution < -0.4 is 0 Å². The van der Waals surface area contributed by atoms with Crippen LogP contribution in [0.1, 0.15) is 190 Å². The molecule has 0 bridgehead atoms. The number of hydrogen-bond acceptors (Lipinski definition) is 0. The minimum absolute atomic E-state index is 0.365. The average Bonchev–Trinajstić information content (AvgIpc) is 2.71. The molecule has 0 saturated heterocycles. The summed E-state index contributed by atoms with van der Waals surface area (Å²) in [7, 11) is 0. The zero-order chi connectivity index (χ0) is 24.3. The van der Waals surface area contributed by atoms with Crippen molar-refractivity contribution in [2.75, 3.05) is 0 Å². The van der Waals surface area contributed by atoms with E-state index < -0.39 is 0 Å². The van der Waals surface area contributed by atoms with Crippen LogP contribution in [0.5, 0.6) is 0 Å². The average molecular weight is 451 g/mol. The Bertz CT molecular complexity index is 395. The summed E-state index contributed by atoms with van der Waals surface area (Å²) in [5.41, 5.74) is 1.15. The fraction of sp³-hybridized carbons (Fsp3) is 1.00. The lowest BCUT2D eigenvalue weighted by Gasteiger charge is -2.51. The Hall–Kier alpha value is 0. The van der Waals surface area contributed by atoms with Crippen molar-refractivity contribution in [1.82, 2.24) is 0 Å². The summed E-state index contributed by atoms with van der Waals surface area (Å²) < 4.78 is 0. The third-order valence-corrected chi connectivity index (χ3v) is 9.22. The Morgan fingerprint density at radius 2 is 0.594 bits per heavy atom. The first-order valence-corrected chi connectivity index (χ1v) is 15.1. The first kappa shape index (κ1) is 32.0. The summed E-state index contributed by atoms with van der Waals surface area (Å²) in [6.45, 7) is 19.5. The van der Waals surface area contributed by atoms with E-state index in [1.807, 2.05) is 0 Å². The van der Waals surface area contributed by atoms with Crippen LogP contribution in [0, 0.1) is 16.2 Å². The highest BCUT2D eigenvalue weighted by Crippen LogP contribution is 2.53. The van der Waals surface area contributed by atoms with Crippen LogP contribution in [0.25, 0.3) is 0 Å². The van der Waals surface area contributed by atoms with Crippen LogP contribution in [0.15, 0.2) is 0 Å². The molecule has 0 aliphatic rings. The van der Waals surface area contributed by atoms with Crippen LogP contribution >= 0.6 is 0 Å². The van der Waals surface area contributed by atoms with Gasteiger partial charge < -0.3 is 0 Å². The van der Waals surface area contributed by atoms with E-state index in [2.05, 4.69) is 55.4 Å². The molecule has 0 radical (unpaired) electrons. The van der Waals surface area contributed by atoms with Crippen molar-refractivity contribution in [2.24, 2.45) is 16.2 Å². The summed E-state index contributed by atoms with van der Waals surface area (Å²) in [4.78, 5) is 0. The maximum absolute atomic E-state index is 2.49. The lowest BCUT2D eigenvalue weighted by Crippen LogP contribution is -2.42. The molecule has 0 spiro atoms. The van der Waals surface area contributed by atoms with Crippen LogP contribution in [-0.2, 0) is 0 Å². The van der Waals surface area contributed by atoms with Crippen molar-refractivity contribution < 1.29 is 0 Å². The van der Waals surface area contributed by atoms with Gasteiger partial charge in [-0.2, -0.15) is 0 Å². The maximum atomic E-state index is 2.49. The van der Waals surface area contributed by atoms with Crippen molar-refractivity contribution >= 4 is 0 Å². The molecule has 0 heterocycles. The van der Waals surface area contributed by atoms with Gasteiger partial charge >= 0.3 is 0 Å². The summed E-state index contributed by atoms with van der Waals surface area (Å²) in [5, 5.41) is 0. The second-order valence-corrected chi connectivity index (χ2v) is 13.2. The van der Waals surface area contributed by atoms with Crippen molar-refractivity contribution in [3.8, 4) is 0 Å². The van der Waals surface area contributed by atoms with Crippen LogP contribution in [0.2, 0.25) is 0 Å².